The first-order valence-corrected chi connectivity index (χ1v) is 8.35. The normalized spacial score (nSPS) is 10.6. The molecule has 0 spiro atoms. The third-order valence-electron chi connectivity index (χ3n) is 4.05. The van der Waals surface area contributed by atoms with Gasteiger partial charge in [0, 0.05) is 23.7 Å². The van der Waals surface area contributed by atoms with Gasteiger partial charge in [0.15, 0.2) is 0 Å². The van der Waals surface area contributed by atoms with E-state index in [4.69, 9.17) is 9.84 Å². The van der Waals surface area contributed by atoms with Gasteiger partial charge in [-0.2, -0.15) is 4.39 Å². The Balaban J connectivity index is 1.73. The Kier molecular flexibility index (Phi) is 5.76. The summed E-state index contributed by atoms with van der Waals surface area (Å²) < 4.78 is 32.5. The molecule has 3 rings (SSSR count). The van der Waals surface area contributed by atoms with Crippen LogP contribution in [0.1, 0.15) is 17.5 Å². The molecule has 0 saturated carbocycles. The minimum Gasteiger partial charge on any atom is -0.489 e. The van der Waals surface area contributed by atoms with E-state index in [1.165, 1.54) is 24.4 Å². The van der Waals surface area contributed by atoms with E-state index in [-0.39, 0.29) is 13.0 Å². The Labute approximate surface area is 155 Å². The van der Waals surface area contributed by atoms with Crippen molar-refractivity contribution < 1.29 is 23.4 Å². The maximum atomic E-state index is 13.7. The van der Waals surface area contributed by atoms with E-state index in [0.717, 1.165) is 5.56 Å². The molecule has 1 N–H and O–H groups in total. The van der Waals surface area contributed by atoms with E-state index in [1.807, 2.05) is 0 Å². The second-order valence-electron chi connectivity index (χ2n) is 6.00. The van der Waals surface area contributed by atoms with Gasteiger partial charge in [0.25, 0.3) is 0 Å². The van der Waals surface area contributed by atoms with Crippen LogP contribution in [0.3, 0.4) is 0 Å². The minimum absolute atomic E-state index is 0.0680. The number of benzene rings is 2. The van der Waals surface area contributed by atoms with Crippen LogP contribution in [0.2, 0.25) is 0 Å². The largest absolute Gasteiger partial charge is 0.489 e. The molecule has 0 aliphatic rings. The van der Waals surface area contributed by atoms with Gasteiger partial charge in [0.1, 0.15) is 18.2 Å². The van der Waals surface area contributed by atoms with E-state index in [2.05, 4.69) is 4.98 Å². The summed E-state index contributed by atoms with van der Waals surface area (Å²) in [6.45, 7) is 0.124. The molecular formula is C21H17F2NO3. The van der Waals surface area contributed by atoms with Crippen LogP contribution >= 0.6 is 0 Å². The minimum atomic E-state index is -0.843. The van der Waals surface area contributed by atoms with Crippen LogP contribution < -0.4 is 4.74 Å². The highest BCUT2D eigenvalue weighted by atomic mass is 19.1. The number of hydrogen-bond acceptors (Lipinski definition) is 3. The summed E-state index contributed by atoms with van der Waals surface area (Å²) >= 11 is 0. The fourth-order valence-electron chi connectivity index (χ4n) is 2.66. The molecule has 0 atom stereocenters. The lowest BCUT2D eigenvalue weighted by molar-refractivity contribution is -0.136. The van der Waals surface area contributed by atoms with Gasteiger partial charge in [-0.1, -0.05) is 18.2 Å². The highest BCUT2D eigenvalue weighted by Crippen LogP contribution is 2.26. The van der Waals surface area contributed by atoms with Crippen LogP contribution in [-0.4, -0.2) is 16.1 Å². The molecule has 0 fully saturated rings. The summed E-state index contributed by atoms with van der Waals surface area (Å²) in [4.78, 5) is 14.2. The number of aromatic nitrogens is 1. The lowest BCUT2D eigenvalue weighted by atomic mass is 10.0. The number of rotatable bonds is 7. The zero-order valence-corrected chi connectivity index (χ0v) is 14.4. The van der Waals surface area contributed by atoms with Gasteiger partial charge >= 0.3 is 5.97 Å². The average Bonchev–Trinajstić information content (AvgIpc) is 2.66. The molecule has 0 bridgehead atoms. The molecular weight excluding hydrogens is 352 g/mol. The second-order valence-corrected chi connectivity index (χ2v) is 6.00. The highest BCUT2D eigenvalue weighted by molar-refractivity contribution is 5.67. The molecule has 1 heterocycles. The van der Waals surface area contributed by atoms with Crippen molar-refractivity contribution in [3.05, 3.63) is 83.7 Å². The molecule has 4 nitrogen and oxygen atoms in total. The quantitative estimate of drug-likeness (QED) is 0.617. The highest BCUT2D eigenvalue weighted by Gasteiger charge is 2.09. The standard InChI is InChI=1S/C21H17F2NO3/c22-17-5-8-19(15-4-9-20(23)24-12-15)16(11-17)13-27-18-6-1-14(2-7-18)3-10-21(25)26/h1-2,4-9,11-12H,3,10,13H2,(H,25,26). The Morgan fingerprint density at radius 3 is 2.48 bits per heavy atom. The Bertz CT molecular complexity index is 925. The molecule has 0 amide bonds. The van der Waals surface area contributed by atoms with Crippen LogP contribution in [0, 0.1) is 11.8 Å². The average molecular weight is 369 g/mol. The molecule has 0 radical (unpaired) electrons. The van der Waals surface area contributed by atoms with Gasteiger partial charge in [-0.25, -0.2) is 9.37 Å². The fraction of sp³-hybridized carbons (Fsp3) is 0.143. The third kappa shape index (κ3) is 5.10. The first kappa shape index (κ1) is 18.5. The molecule has 27 heavy (non-hydrogen) atoms. The lowest BCUT2D eigenvalue weighted by Crippen LogP contribution is -2.00. The number of carbonyl (C=O) groups is 1. The summed E-state index contributed by atoms with van der Waals surface area (Å²) in [5, 5.41) is 8.72. The van der Waals surface area contributed by atoms with E-state index < -0.39 is 17.7 Å². The summed E-state index contributed by atoms with van der Waals surface area (Å²) in [5.41, 5.74) is 2.88. The van der Waals surface area contributed by atoms with Gasteiger partial charge in [-0.15, -0.1) is 0 Å². The van der Waals surface area contributed by atoms with Crippen molar-refractivity contribution in [1.82, 2.24) is 4.98 Å². The van der Waals surface area contributed by atoms with Gasteiger partial charge in [0.2, 0.25) is 5.95 Å². The number of ether oxygens (including phenoxy) is 1. The molecule has 3 aromatic rings. The Morgan fingerprint density at radius 1 is 1.04 bits per heavy atom. The molecule has 2 aromatic carbocycles. The van der Waals surface area contributed by atoms with Gasteiger partial charge < -0.3 is 9.84 Å². The molecule has 0 aliphatic carbocycles. The van der Waals surface area contributed by atoms with E-state index in [9.17, 15) is 13.6 Å². The molecule has 1 aromatic heterocycles. The van der Waals surface area contributed by atoms with Gasteiger partial charge in [0.05, 0.1) is 0 Å². The van der Waals surface area contributed by atoms with E-state index in [1.54, 1.807) is 36.4 Å². The van der Waals surface area contributed by atoms with Crippen LogP contribution in [0.5, 0.6) is 5.75 Å². The van der Waals surface area contributed by atoms with Crippen LogP contribution in [0.25, 0.3) is 11.1 Å². The smallest absolute Gasteiger partial charge is 0.303 e. The zero-order chi connectivity index (χ0) is 19.2. The molecule has 138 valence electrons. The summed E-state index contributed by atoms with van der Waals surface area (Å²) in [7, 11) is 0. The van der Waals surface area contributed by atoms with Crippen LogP contribution in [0.15, 0.2) is 60.8 Å². The zero-order valence-electron chi connectivity index (χ0n) is 14.4. The fourth-order valence-corrected chi connectivity index (χ4v) is 2.66. The number of pyridine rings is 1. The summed E-state index contributed by atoms with van der Waals surface area (Å²) in [5.74, 6) is -1.23. The SMILES string of the molecule is O=C(O)CCc1ccc(OCc2cc(F)ccc2-c2ccc(F)nc2)cc1. The number of carboxylic acid groups (broad SMARTS) is 1. The van der Waals surface area contributed by atoms with Crippen LogP contribution in [0.4, 0.5) is 8.78 Å². The van der Waals surface area contributed by atoms with Crippen molar-refractivity contribution in [2.75, 3.05) is 0 Å². The van der Waals surface area contributed by atoms with Crippen molar-refractivity contribution in [3.8, 4) is 16.9 Å². The van der Waals surface area contributed by atoms with Crippen molar-refractivity contribution in [2.45, 2.75) is 19.4 Å². The number of nitrogens with zero attached hydrogens (tertiary/aromatic N) is 1. The first-order valence-electron chi connectivity index (χ1n) is 8.35. The van der Waals surface area contributed by atoms with Crippen molar-refractivity contribution in [1.29, 1.82) is 0 Å². The predicted molar refractivity (Wildman–Crippen MR) is 96.3 cm³/mol. The lowest BCUT2D eigenvalue weighted by Gasteiger charge is -2.12. The predicted octanol–water partition coefficient (Wildman–Crippen LogP) is 4.62. The van der Waals surface area contributed by atoms with E-state index >= 15 is 0 Å². The van der Waals surface area contributed by atoms with Gasteiger partial charge in [-0.05, 0) is 53.9 Å². The maximum absolute atomic E-state index is 13.7. The Morgan fingerprint density at radius 2 is 1.81 bits per heavy atom. The number of hydrogen-bond donors (Lipinski definition) is 1. The second kappa shape index (κ2) is 8.40. The van der Waals surface area contributed by atoms with Crippen LogP contribution in [-0.2, 0) is 17.8 Å². The number of aliphatic carboxylic acids is 1. The molecule has 6 heteroatoms. The monoisotopic (exact) mass is 369 g/mol. The number of halogens is 2. The number of carboxylic acids is 1. The number of aryl methyl sites for hydroxylation is 1. The molecule has 0 saturated heterocycles. The molecule has 0 aliphatic heterocycles. The maximum Gasteiger partial charge on any atom is 0.303 e. The summed E-state index contributed by atoms with van der Waals surface area (Å²) in [6.07, 6.45) is 1.91. The first-order chi connectivity index (χ1) is 13.0. The van der Waals surface area contributed by atoms with Crippen molar-refractivity contribution in [2.24, 2.45) is 0 Å². The third-order valence-corrected chi connectivity index (χ3v) is 4.05. The van der Waals surface area contributed by atoms with Crippen molar-refractivity contribution >= 4 is 5.97 Å². The van der Waals surface area contributed by atoms with Crippen molar-refractivity contribution in [3.63, 3.8) is 0 Å². The summed E-state index contributed by atoms with van der Waals surface area (Å²) in [6, 6.07) is 14.2. The van der Waals surface area contributed by atoms with Gasteiger partial charge in [-0.3, -0.25) is 4.79 Å². The topological polar surface area (TPSA) is 59.4 Å². The molecule has 0 unspecified atom stereocenters. The van der Waals surface area contributed by atoms with E-state index in [0.29, 0.717) is 28.9 Å². The Hall–Kier alpha value is -3.28.